The molecule has 214 valence electrons. The molecule has 0 spiro atoms. The zero-order chi connectivity index (χ0) is 29.4. The van der Waals surface area contributed by atoms with Crippen molar-refractivity contribution in [2.45, 2.75) is 32.9 Å². The average Bonchev–Trinajstić information content (AvgIpc) is 2.87. The Labute approximate surface area is 251 Å². The van der Waals surface area contributed by atoms with Crippen molar-refractivity contribution < 1.29 is 18.0 Å². The molecule has 7 nitrogen and oxygen atoms in total. The minimum atomic E-state index is -3.94. The molecular weight excluding hydrogens is 593 g/mol. The van der Waals surface area contributed by atoms with Gasteiger partial charge in [0.15, 0.2) is 0 Å². The predicted octanol–water partition coefficient (Wildman–Crippen LogP) is 5.83. The summed E-state index contributed by atoms with van der Waals surface area (Å²) in [4.78, 5) is 29.0. The van der Waals surface area contributed by atoms with Crippen LogP contribution >= 0.6 is 34.8 Å². The molecule has 0 aliphatic carbocycles. The zero-order valence-corrected chi connectivity index (χ0v) is 25.6. The van der Waals surface area contributed by atoms with E-state index in [0.717, 1.165) is 16.1 Å². The molecule has 0 radical (unpaired) electrons. The van der Waals surface area contributed by atoms with E-state index >= 15 is 0 Å². The highest BCUT2D eigenvalue weighted by Crippen LogP contribution is 2.27. The molecule has 2 amide bonds. The number of anilines is 1. The van der Waals surface area contributed by atoms with E-state index in [1.54, 1.807) is 24.3 Å². The lowest BCUT2D eigenvalue weighted by Gasteiger charge is -2.33. The summed E-state index contributed by atoms with van der Waals surface area (Å²) in [6.07, 6.45) is 1.21. The minimum absolute atomic E-state index is 0.0277. The number of hydrogen-bond donors (Lipinski definition) is 1. The first-order chi connectivity index (χ1) is 18.8. The van der Waals surface area contributed by atoms with Crippen LogP contribution in [-0.4, -0.2) is 50.5 Å². The van der Waals surface area contributed by atoms with Gasteiger partial charge >= 0.3 is 0 Å². The second-order valence-electron chi connectivity index (χ2n) is 9.89. The summed E-state index contributed by atoms with van der Waals surface area (Å²) in [5.74, 6) is -0.738. The molecule has 0 unspecified atom stereocenters. The highest BCUT2D eigenvalue weighted by atomic mass is 35.5. The SMILES string of the molecule is CC(C)CNC(=O)[C@@H](Cc1ccccc1)N(Cc1cccc(Cl)c1)C(=O)CN(c1cc(Cl)cc(Cl)c1)S(C)(=O)=O. The van der Waals surface area contributed by atoms with Crippen molar-refractivity contribution in [3.8, 4) is 0 Å². The normalized spacial score (nSPS) is 12.2. The third-order valence-corrected chi connectivity index (χ3v) is 7.82. The van der Waals surface area contributed by atoms with Crippen LogP contribution in [0.1, 0.15) is 25.0 Å². The van der Waals surface area contributed by atoms with Crippen LogP contribution in [0.25, 0.3) is 0 Å². The quantitative estimate of drug-likeness (QED) is 0.275. The van der Waals surface area contributed by atoms with Crippen molar-refractivity contribution in [1.82, 2.24) is 10.2 Å². The maximum atomic E-state index is 14.0. The molecule has 0 fully saturated rings. The summed E-state index contributed by atoms with van der Waals surface area (Å²) in [6, 6.07) is 19.7. The molecule has 3 aromatic carbocycles. The van der Waals surface area contributed by atoms with Gasteiger partial charge in [-0.05, 0) is 47.4 Å². The van der Waals surface area contributed by atoms with Crippen LogP contribution in [-0.2, 0) is 32.6 Å². The van der Waals surface area contributed by atoms with E-state index in [9.17, 15) is 18.0 Å². The lowest BCUT2D eigenvalue weighted by atomic mass is 10.0. The van der Waals surface area contributed by atoms with Gasteiger partial charge in [-0.2, -0.15) is 0 Å². The standard InChI is InChI=1S/C29H32Cl3N3O4S/c1-20(2)17-33-29(37)27(13-21-8-5-4-6-9-21)34(18-22-10-7-11-23(30)12-22)28(36)19-35(40(3,38)39)26-15-24(31)14-25(32)16-26/h4-12,14-16,20,27H,13,17-19H2,1-3H3,(H,33,37)/t27-/m1/s1. The van der Waals surface area contributed by atoms with Crippen LogP contribution in [0.2, 0.25) is 15.1 Å². The smallest absolute Gasteiger partial charge is 0.244 e. The number of carbonyl (C=O) groups excluding carboxylic acids is 2. The Bertz CT molecular complexity index is 1420. The zero-order valence-electron chi connectivity index (χ0n) is 22.5. The molecule has 40 heavy (non-hydrogen) atoms. The Morgan fingerprint density at radius 3 is 2.05 bits per heavy atom. The Balaban J connectivity index is 2.06. The molecule has 0 aliphatic heterocycles. The third-order valence-electron chi connectivity index (χ3n) is 6.01. The highest BCUT2D eigenvalue weighted by molar-refractivity contribution is 7.92. The van der Waals surface area contributed by atoms with E-state index in [1.165, 1.54) is 23.1 Å². The molecule has 0 bridgehead atoms. The lowest BCUT2D eigenvalue weighted by Crippen LogP contribution is -2.53. The summed E-state index contributed by atoms with van der Waals surface area (Å²) in [5.41, 5.74) is 1.67. The highest BCUT2D eigenvalue weighted by Gasteiger charge is 2.33. The van der Waals surface area contributed by atoms with Crippen LogP contribution in [0.15, 0.2) is 72.8 Å². The van der Waals surface area contributed by atoms with Crippen molar-refractivity contribution >= 4 is 62.3 Å². The van der Waals surface area contributed by atoms with Crippen LogP contribution < -0.4 is 9.62 Å². The molecule has 3 rings (SSSR count). The molecule has 0 aromatic heterocycles. The third kappa shape index (κ3) is 9.41. The molecule has 0 heterocycles. The largest absolute Gasteiger partial charge is 0.354 e. The fraction of sp³-hybridized carbons (Fsp3) is 0.310. The number of benzene rings is 3. The van der Waals surface area contributed by atoms with Crippen LogP contribution in [0, 0.1) is 5.92 Å². The first-order valence-corrected chi connectivity index (χ1v) is 15.6. The van der Waals surface area contributed by atoms with Crippen molar-refractivity contribution in [2.24, 2.45) is 5.92 Å². The maximum Gasteiger partial charge on any atom is 0.244 e. The summed E-state index contributed by atoms with van der Waals surface area (Å²) < 4.78 is 26.7. The number of sulfonamides is 1. The van der Waals surface area contributed by atoms with Gasteiger partial charge in [-0.25, -0.2) is 8.42 Å². The molecule has 1 N–H and O–H groups in total. The van der Waals surface area contributed by atoms with Crippen LogP contribution in [0.5, 0.6) is 0 Å². The number of halogens is 3. The minimum Gasteiger partial charge on any atom is -0.354 e. The van der Waals surface area contributed by atoms with E-state index < -0.39 is 28.5 Å². The van der Waals surface area contributed by atoms with Gasteiger partial charge in [0.1, 0.15) is 12.6 Å². The first kappa shape index (κ1) is 31.7. The summed E-state index contributed by atoms with van der Waals surface area (Å²) in [5, 5.41) is 3.85. The van der Waals surface area contributed by atoms with E-state index in [0.29, 0.717) is 17.1 Å². The number of hydrogen-bond acceptors (Lipinski definition) is 4. The first-order valence-electron chi connectivity index (χ1n) is 12.6. The van der Waals surface area contributed by atoms with Crippen molar-refractivity contribution in [1.29, 1.82) is 0 Å². The van der Waals surface area contributed by atoms with Gasteiger partial charge in [-0.15, -0.1) is 0 Å². The number of rotatable bonds is 12. The topological polar surface area (TPSA) is 86.8 Å². The Hall–Kier alpha value is -2.78. The van der Waals surface area contributed by atoms with Crippen molar-refractivity contribution in [3.63, 3.8) is 0 Å². The molecule has 0 saturated carbocycles. The summed E-state index contributed by atoms with van der Waals surface area (Å²) >= 11 is 18.5. The second kappa shape index (κ2) is 14.2. The van der Waals surface area contributed by atoms with Gasteiger partial charge in [0, 0.05) is 34.6 Å². The van der Waals surface area contributed by atoms with Gasteiger partial charge in [-0.1, -0.05) is 91.1 Å². The molecule has 11 heteroatoms. The summed E-state index contributed by atoms with van der Waals surface area (Å²) in [6.45, 7) is 3.82. The Morgan fingerprint density at radius 2 is 1.48 bits per heavy atom. The van der Waals surface area contributed by atoms with E-state index in [4.69, 9.17) is 34.8 Å². The second-order valence-corrected chi connectivity index (χ2v) is 13.1. The molecule has 1 atom stereocenters. The Kier molecular flexibility index (Phi) is 11.3. The van der Waals surface area contributed by atoms with E-state index in [1.807, 2.05) is 44.2 Å². The number of carbonyl (C=O) groups is 2. The van der Waals surface area contributed by atoms with Crippen LogP contribution in [0.4, 0.5) is 5.69 Å². The fourth-order valence-electron chi connectivity index (χ4n) is 4.11. The van der Waals surface area contributed by atoms with Gasteiger partial charge in [0.25, 0.3) is 0 Å². The molecular formula is C29H32Cl3N3O4S. The lowest BCUT2D eigenvalue weighted by molar-refractivity contribution is -0.140. The molecule has 0 saturated heterocycles. The van der Waals surface area contributed by atoms with Crippen LogP contribution in [0.3, 0.4) is 0 Å². The van der Waals surface area contributed by atoms with Crippen molar-refractivity contribution in [3.05, 3.63) is 99.0 Å². The van der Waals surface area contributed by atoms with Crippen molar-refractivity contribution in [2.75, 3.05) is 23.7 Å². The molecule has 0 aliphatic rings. The predicted molar refractivity (Wildman–Crippen MR) is 162 cm³/mol. The fourth-order valence-corrected chi connectivity index (χ4v) is 5.67. The number of nitrogens with one attached hydrogen (secondary N) is 1. The summed E-state index contributed by atoms with van der Waals surface area (Å²) in [7, 11) is -3.94. The van der Waals surface area contributed by atoms with E-state index in [2.05, 4.69) is 5.32 Å². The van der Waals surface area contributed by atoms with E-state index in [-0.39, 0.29) is 40.5 Å². The van der Waals surface area contributed by atoms with Gasteiger partial charge in [0.05, 0.1) is 11.9 Å². The van der Waals surface area contributed by atoms with Gasteiger partial charge in [-0.3, -0.25) is 13.9 Å². The average molecular weight is 625 g/mol. The van der Waals surface area contributed by atoms with Gasteiger partial charge < -0.3 is 10.2 Å². The Morgan fingerprint density at radius 1 is 0.850 bits per heavy atom. The monoisotopic (exact) mass is 623 g/mol. The number of nitrogens with zero attached hydrogens (tertiary/aromatic N) is 2. The maximum absolute atomic E-state index is 14.0. The molecule has 3 aromatic rings. The van der Waals surface area contributed by atoms with Gasteiger partial charge in [0.2, 0.25) is 21.8 Å². The number of amides is 2.